The minimum Gasteiger partial charge on any atom is -0.205 e. The van der Waals surface area contributed by atoms with E-state index in [1.807, 2.05) is 0 Å². The largest absolute Gasteiger partial charge is 0.416 e. The van der Waals surface area contributed by atoms with E-state index in [9.17, 15) is 26.3 Å². The van der Waals surface area contributed by atoms with Crippen molar-refractivity contribution in [3.63, 3.8) is 0 Å². The number of hydrogen-bond acceptors (Lipinski definition) is 0. The van der Waals surface area contributed by atoms with Crippen molar-refractivity contribution in [3.8, 4) is 0 Å². The maximum absolute atomic E-state index is 12.4. The van der Waals surface area contributed by atoms with E-state index < -0.39 is 24.0 Å². The topological polar surface area (TPSA) is 0 Å². The van der Waals surface area contributed by atoms with Crippen LogP contribution >= 0.6 is 0 Å². The van der Waals surface area contributed by atoms with Crippen molar-refractivity contribution >= 4 is 6.08 Å². The molecular formula is C10H6F6. The Bertz CT molecular complexity index is 373. The quantitative estimate of drug-likeness (QED) is 0.677. The molecule has 1 aromatic carbocycles. The third-order valence-corrected chi connectivity index (χ3v) is 1.75. The van der Waals surface area contributed by atoms with E-state index >= 15 is 0 Å². The van der Waals surface area contributed by atoms with Crippen molar-refractivity contribution in [2.24, 2.45) is 0 Å². The van der Waals surface area contributed by atoms with Crippen LogP contribution in [-0.4, -0.2) is 6.43 Å². The molecule has 0 fully saturated rings. The lowest BCUT2D eigenvalue weighted by atomic mass is 10.1. The van der Waals surface area contributed by atoms with Crippen LogP contribution < -0.4 is 0 Å². The zero-order valence-corrected chi connectivity index (χ0v) is 7.73. The molecule has 1 rings (SSSR count). The Morgan fingerprint density at radius 2 is 1.56 bits per heavy atom. The van der Waals surface area contributed by atoms with Gasteiger partial charge < -0.3 is 0 Å². The molecule has 0 amide bonds. The standard InChI is InChI=1S/C10H6F6/c11-8(9(12)13)5-6-1-3-7(4-2-6)10(14,15)16/h1-5,9H/b8-5-. The first kappa shape index (κ1) is 12.6. The minimum absolute atomic E-state index is 0.0502. The Balaban J connectivity index is 2.92. The first-order valence-corrected chi connectivity index (χ1v) is 4.13. The molecule has 0 aliphatic carbocycles. The molecule has 0 aliphatic heterocycles. The Morgan fingerprint density at radius 3 is 1.94 bits per heavy atom. The maximum atomic E-state index is 12.4. The van der Waals surface area contributed by atoms with Crippen LogP contribution in [0.25, 0.3) is 6.08 Å². The SMILES string of the molecule is F/C(=C\c1ccc(C(F)(F)F)cc1)C(F)F. The number of hydrogen-bond donors (Lipinski definition) is 0. The molecule has 0 atom stereocenters. The number of halogens is 6. The highest BCUT2D eigenvalue weighted by Crippen LogP contribution is 2.29. The zero-order valence-electron chi connectivity index (χ0n) is 7.73. The fraction of sp³-hybridized carbons (Fsp3) is 0.200. The van der Waals surface area contributed by atoms with E-state index in [1.165, 1.54) is 0 Å². The summed E-state index contributed by atoms with van der Waals surface area (Å²) < 4.78 is 72.3. The second-order valence-electron chi connectivity index (χ2n) is 2.95. The monoisotopic (exact) mass is 240 g/mol. The normalized spacial score (nSPS) is 13.3. The average Bonchev–Trinajstić information content (AvgIpc) is 2.17. The summed E-state index contributed by atoms with van der Waals surface area (Å²) in [5.74, 6) is -1.68. The summed E-state index contributed by atoms with van der Waals surface area (Å²) in [6, 6.07) is 3.24. The van der Waals surface area contributed by atoms with Gasteiger partial charge in [0.1, 0.15) is 0 Å². The number of rotatable bonds is 2. The molecule has 0 aliphatic rings. The number of benzene rings is 1. The molecule has 0 spiro atoms. The third kappa shape index (κ3) is 3.29. The van der Waals surface area contributed by atoms with E-state index in [0.717, 1.165) is 12.1 Å². The fourth-order valence-corrected chi connectivity index (χ4v) is 0.991. The van der Waals surface area contributed by atoms with E-state index in [0.29, 0.717) is 18.2 Å². The lowest BCUT2D eigenvalue weighted by Gasteiger charge is -2.06. The zero-order chi connectivity index (χ0) is 12.3. The van der Waals surface area contributed by atoms with Gasteiger partial charge >= 0.3 is 6.18 Å². The predicted octanol–water partition coefficient (Wildman–Crippen LogP) is 4.28. The fourth-order valence-electron chi connectivity index (χ4n) is 0.991. The molecule has 1 aromatic rings. The first-order chi connectivity index (χ1) is 7.30. The molecule has 0 nitrogen and oxygen atoms in total. The van der Waals surface area contributed by atoms with Crippen molar-refractivity contribution in [2.75, 3.05) is 0 Å². The Kier molecular flexibility index (Phi) is 3.62. The Labute approximate surface area is 87.2 Å². The van der Waals surface area contributed by atoms with Gasteiger partial charge in [-0.1, -0.05) is 12.1 Å². The van der Waals surface area contributed by atoms with Crippen LogP contribution in [-0.2, 0) is 6.18 Å². The summed E-state index contributed by atoms with van der Waals surface area (Å²) in [6.45, 7) is 0. The lowest BCUT2D eigenvalue weighted by molar-refractivity contribution is -0.137. The van der Waals surface area contributed by atoms with Crippen molar-refractivity contribution in [1.82, 2.24) is 0 Å². The van der Waals surface area contributed by atoms with Gasteiger partial charge in [0.25, 0.3) is 6.43 Å². The molecule has 88 valence electrons. The maximum Gasteiger partial charge on any atom is 0.416 e. The van der Waals surface area contributed by atoms with Crippen LogP contribution in [0.4, 0.5) is 26.3 Å². The van der Waals surface area contributed by atoms with Gasteiger partial charge in [0, 0.05) is 0 Å². The second-order valence-corrected chi connectivity index (χ2v) is 2.95. The van der Waals surface area contributed by atoms with Crippen LogP contribution in [0, 0.1) is 0 Å². The third-order valence-electron chi connectivity index (χ3n) is 1.75. The molecule has 16 heavy (non-hydrogen) atoms. The number of alkyl halides is 5. The summed E-state index contributed by atoms with van der Waals surface area (Å²) >= 11 is 0. The van der Waals surface area contributed by atoms with Crippen molar-refractivity contribution in [3.05, 3.63) is 41.2 Å². The summed E-state index contributed by atoms with van der Waals surface area (Å²) in [4.78, 5) is 0. The van der Waals surface area contributed by atoms with Gasteiger partial charge in [-0.05, 0) is 23.8 Å². The van der Waals surface area contributed by atoms with E-state index in [2.05, 4.69) is 0 Å². The van der Waals surface area contributed by atoms with E-state index in [4.69, 9.17) is 0 Å². The molecule has 0 saturated heterocycles. The van der Waals surface area contributed by atoms with Gasteiger partial charge in [0.2, 0.25) is 0 Å². The Morgan fingerprint density at radius 1 is 1.06 bits per heavy atom. The Hall–Kier alpha value is -1.46. The van der Waals surface area contributed by atoms with Crippen LogP contribution in [0.5, 0.6) is 0 Å². The molecule has 0 heterocycles. The summed E-state index contributed by atoms with van der Waals surface area (Å²) in [5.41, 5.74) is -0.965. The van der Waals surface area contributed by atoms with Gasteiger partial charge in [-0.25, -0.2) is 13.2 Å². The molecule has 0 unspecified atom stereocenters. The van der Waals surface area contributed by atoms with Crippen molar-refractivity contribution < 1.29 is 26.3 Å². The highest BCUT2D eigenvalue weighted by atomic mass is 19.4. The molecular weight excluding hydrogens is 234 g/mol. The first-order valence-electron chi connectivity index (χ1n) is 4.13. The lowest BCUT2D eigenvalue weighted by Crippen LogP contribution is -2.04. The van der Waals surface area contributed by atoms with Crippen LogP contribution in [0.2, 0.25) is 0 Å². The van der Waals surface area contributed by atoms with E-state index in [-0.39, 0.29) is 5.56 Å². The number of allylic oxidation sites excluding steroid dienone is 1. The van der Waals surface area contributed by atoms with Crippen LogP contribution in [0.1, 0.15) is 11.1 Å². The second kappa shape index (κ2) is 4.59. The summed E-state index contributed by atoms with van der Waals surface area (Å²) in [5, 5.41) is 0. The molecule has 6 heteroatoms. The smallest absolute Gasteiger partial charge is 0.205 e. The molecule has 0 N–H and O–H groups in total. The molecule has 0 radical (unpaired) electrons. The summed E-state index contributed by atoms with van der Waals surface area (Å²) in [7, 11) is 0. The predicted molar refractivity (Wildman–Crippen MR) is 46.5 cm³/mol. The van der Waals surface area contributed by atoms with Gasteiger partial charge in [-0.3, -0.25) is 0 Å². The van der Waals surface area contributed by atoms with Gasteiger partial charge in [-0.2, -0.15) is 13.2 Å². The van der Waals surface area contributed by atoms with Gasteiger partial charge in [-0.15, -0.1) is 0 Å². The van der Waals surface area contributed by atoms with Gasteiger partial charge in [0.15, 0.2) is 5.83 Å². The molecule has 0 saturated carbocycles. The molecule has 0 bridgehead atoms. The van der Waals surface area contributed by atoms with E-state index in [1.54, 1.807) is 0 Å². The molecule has 0 aromatic heterocycles. The van der Waals surface area contributed by atoms with Crippen LogP contribution in [0.15, 0.2) is 30.1 Å². The minimum atomic E-state index is -4.50. The van der Waals surface area contributed by atoms with Crippen LogP contribution in [0.3, 0.4) is 0 Å². The highest BCUT2D eigenvalue weighted by molar-refractivity contribution is 5.52. The van der Waals surface area contributed by atoms with Gasteiger partial charge in [0.05, 0.1) is 5.56 Å². The van der Waals surface area contributed by atoms with Crippen molar-refractivity contribution in [2.45, 2.75) is 12.6 Å². The summed E-state index contributed by atoms with van der Waals surface area (Å²) in [6.07, 6.45) is -7.27. The highest BCUT2D eigenvalue weighted by Gasteiger charge is 2.29. The average molecular weight is 240 g/mol. The van der Waals surface area contributed by atoms with Crippen molar-refractivity contribution in [1.29, 1.82) is 0 Å².